The van der Waals surface area contributed by atoms with Crippen LogP contribution in [-0.2, 0) is 6.54 Å². The van der Waals surface area contributed by atoms with Crippen LogP contribution in [0.25, 0.3) is 11.0 Å². The molecule has 0 radical (unpaired) electrons. The molecule has 1 saturated heterocycles. The van der Waals surface area contributed by atoms with E-state index in [9.17, 15) is 4.79 Å². The fourth-order valence-corrected chi connectivity index (χ4v) is 3.56. The molecular formula is C20H23N5O. The Labute approximate surface area is 152 Å². The van der Waals surface area contributed by atoms with Gasteiger partial charge >= 0.3 is 0 Å². The van der Waals surface area contributed by atoms with Crippen molar-refractivity contribution in [3.63, 3.8) is 0 Å². The number of rotatable bonds is 5. The number of benzene rings is 1. The van der Waals surface area contributed by atoms with Crippen molar-refractivity contribution >= 4 is 16.9 Å². The maximum atomic E-state index is 12.4. The number of aromatic amines is 1. The van der Waals surface area contributed by atoms with E-state index in [0.29, 0.717) is 18.3 Å². The number of nitrogens with zero attached hydrogens (tertiary/aromatic N) is 3. The average Bonchev–Trinajstić information content (AvgIpc) is 3.12. The van der Waals surface area contributed by atoms with Gasteiger partial charge in [-0.15, -0.1) is 0 Å². The number of aromatic nitrogens is 3. The maximum Gasteiger partial charge on any atom is 0.287 e. The Balaban J connectivity index is 1.31. The van der Waals surface area contributed by atoms with Crippen molar-refractivity contribution in [3.8, 4) is 0 Å². The van der Waals surface area contributed by atoms with Gasteiger partial charge in [-0.3, -0.25) is 14.7 Å². The van der Waals surface area contributed by atoms with Gasteiger partial charge in [0.1, 0.15) is 0 Å². The summed E-state index contributed by atoms with van der Waals surface area (Å²) in [4.78, 5) is 26.7. The van der Waals surface area contributed by atoms with Crippen LogP contribution in [0.5, 0.6) is 0 Å². The Morgan fingerprint density at radius 2 is 2.12 bits per heavy atom. The molecule has 2 N–H and O–H groups in total. The summed E-state index contributed by atoms with van der Waals surface area (Å²) in [6.07, 6.45) is 4.13. The molecule has 1 atom stereocenters. The Kier molecular flexibility index (Phi) is 4.93. The fraction of sp³-hybridized carbons (Fsp3) is 0.350. The molecule has 6 heteroatoms. The topological polar surface area (TPSA) is 73.9 Å². The minimum atomic E-state index is -0.136. The normalized spacial score (nSPS) is 18.1. The molecule has 1 fully saturated rings. The lowest BCUT2D eigenvalue weighted by Crippen LogP contribution is -2.40. The van der Waals surface area contributed by atoms with Gasteiger partial charge in [0.15, 0.2) is 5.82 Å². The van der Waals surface area contributed by atoms with Gasteiger partial charge in [-0.1, -0.05) is 18.2 Å². The molecule has 1 aliphatic heterocycles. The molecule has 0 bridgehead atoms. The highest BCUT2D eigenvalue weighted by molar-refractivity contribution is 5.94. The van der Waals surface area contributed by atoms with Crippen LogP contribution in [0.1, 0.15) is 29.2 Å². The van der Waals surface area contributed by atoms with Crippen LogP contribution < -0.4 is 5.32 Å². The molecule has 4 rings (SSSR count). The molecule has 1 aromatic carbocycles. The summed E-state index contributed by atoms with van der Waals surface area (Å²) in [5, 5.41) is 3.04. The van der Waals surface area contributed by atoms with Crippen LogP contribution in [0.3, 0.4) is 0 Å². The van der Waals surface area contributed by atoms with Gasteiger partial charge in [0, 0.05) is 25.8 Å². The summed E-state index contributed by atoms with van der Waals surface area (Å²) in [5.41, 5.74) is 2.80. The number of amides is 1. The van der Waals surface area contributed by atoms with Crippen molar-refractivity contribution in [2.75, 3.05) is 19.6 Å². The van der Waals surface area contributed by atoms with E-state index in [0.717, 1.165) is 49.2 Å². The summed E-state index contributed by atoms with van der Waals surface area (Å²) >= 11 is 0. The number of hydrogen-bond donors (Lipinski definition) is 2. The Hall–Kier alpha value is -2.73. The second-order valence-electron chi connectivity index (χ2n) is 6.88. The van der Waals surface area contributed by atoms with E-state index < -0.39 is 0 Å². The third-order valence-electron chi connectivity index (χ3n) is 4.87. The SMILES string of the molecule is O=C(NC[C@@H]1CCCN(Cc2ccccn2)C1)c1nc2ccccc2[nH]1. The number of likely N-dealkylation sites (tertiary alicyclic amines) is 1. The third kappa shape index (κ3) is 3.91. The first-order valence-electron chi connectivity index (χ1n) is 9.13. The molecule has 26 heavy (non-hydrogen) atoms. The highest BCUT2D eigenvalue weighted by Crippen LogP contribution is 2.18. The molecule has 3 heterocycles. The van der Waals surface area contributed by atoms with Gasteiger partial charge in [-0.2, -0.15) is 0 Å². The van der Waals surface area contributed by atoms with Gasteiger partial charge in [0.25, 0.3) is 5.91 Å². The van der Waals surface area contributed by atoms with Crippen LogP contribution in [0.4, 0.5) is 0 Å². The predicted octanol–water partition coefficient (Wildman–Crippen LogP) is 2.60. The largest absolute Gasteiger partial charge is 0.349 e. The number of H-pyrrole nitrogens is 1. The standard InChI is InChI=1S/C20H23N5O/c26-20(19-23-17-8-1-2-9-18(17)24-19)22-12-15-6-5-11-25(13-15)14-16-7-3-4-10-21-16/h1-4,7-10,15H,5-6,11-14H2,(H,22,26)(H,23,24)/t15-/m0/s1. The van der Waals surface area contributed by atoms with Gasteiger partial charge in [0.2, 0.25) is 0 Å². The fourth-order valence-electron chi connectivity index (χ4n) is 3.56. The first-order chi connectivity index (χ1) is 12.8. The van der Waals surface area contributed by atoms with Crippen molar-refractivity contribution in [2.24, 2.45) is 5.92 Å². The molecule has 1 amide bonds. The monoisotopic (exact) mass is 349 g/mol. The van der Waals surface area contributed by atoms with Crippen molar-refractivity contribution in [3.05, 3.63) is 60.2 Å². The van der Waals surface area contributed by atoms with Crippen molar-refractivity contribution in [1.82, 2.24) is 25.2 Å². The lowest BCUT2D eigenvalue weighted by atomic mass is 9.98. The van der Waals surface area contributed by atoms with E-state index in [2.05, 4.69) is 31.2 Å². The van der Waals surface area contributed by atoms with Crippen LogP contribution in [0.2, 0.25) is 0 Å². The molecule has 6 nitrogen and oxygen atoms in total. The molecule has 0 aliphatic carbocycles. The zero-order chi connectivity index (χ0) is 17.8. The van der Waals surface area contributed by atoms with E-state index in [1.807, 2.05) is 42.6 Å². The Morgan fingerprint density at radius 1 is 1.23 bits per heavy atom. The zero-order valence-electron chi connectivity index (χ0n) is 14.7. The third-order valence-corrected chi connectivity index (χ3v) is 4.87. The maximum absolute atomic E-state index is 12.4. The first-order valence-corrected chi connectivity index (χ1v) is 9.13. The van der Waals surface area contributed by atoms with Crippen molar-refractivity contribution in [2.45, 2.75) is 19.4 Å². The van der Waals surface area contributed by atoms with E-state index in [-0.39, 0.29) is 5.91 Å². The predicted molar refractivity (Wildman–Crippen MR) is 101 cm³/mol. The average molecular weight is 349 g/mol. The number of nitrogens with one attached hydrogen (secondary N) is 2. The van der Waals surface area contributed by atoms with Crippen LogP contribution >= 0.6 is 0 Å². The van der Waals surface area contributed by atoms with Gasteiger partial charge in [-0.25, -0.2) is 4.98 Å². The van der Waals surface area contributed by atoms with Crippen LogP contribution in [0, 0.1) is 5.92 Å². The molecular weight excluding hydrogens is 326 g/mol. The highest BCUT2D eigenvalue weighted by atomic mass is 16.2. The summed E-state index contributed by atoms with van der Waals surface area (Å²) < 4.78 is 0. The summed E-state index contributed by atoms with van der Waals surface area (Å²) in [6, 6.07) is 13.7. The number of carbonyl (C=O) groups excluding carboxylic acids is 1. The van der Waals surface area contributed by atoms with E-state index in [4.69, 9.17) is 0 Å². The minimum Gasteiger partial charge on any atom is -0.349 e. The molecule has 0 unspecified atom stereocenters. The lowest BCUT2D eigenvalue weighted by molar-refractivity contribution is 0.0921. The van der Waals surface area contributed by atoms with E-state index >= 15 is 0 Å². The van der Waals surface area contributed by atoms with Gasteiger partial charge in [0.05, 0.1) is 16.7 Å². The van der Waals surface area contributed by atoms with Crippen LogP contribution in [0.15, 0.2) is 48.7 Å². The lowest BCUT2D eigenvalue weighted by Gasteiger charge is -2.32. The number of para-hydroxylation sites is 2. The Morgan fingerprint density at radius 3 is 2.96 bits per heavy atom. The van der Waals surface area contributed by atoms with Crippen molar-refractivity contribution < 1.29 is 4.79 Å². The minimum absolute atomic E-state index is 0.136. The molecule has 0 spiro atoms. The highest BCUT2D eigenvalue weighted by Gasteiger charge is 2.21. The zero-order valence-corrected chi connectivity index (χ0v) is 14.7. The summed E-state index contributed by atoms with van der Waals surface area (Å²) in [7, 11) is 0. The number of pyridine rings is 1. The van der Waals surface area contributed by atoms with Crippen LogP contribution in [-0.4, -0.2) is 45.4 Å². The number of fused-ring (bicyclic) bond motifs is 1. The van der Waals surface area contributed by atoms with E-state index in [1.54, 1.807) is 0 Å². The first kappa shape index (κ1) is 16.7. The summed E-state index contributed by atoms with van der Waals surface area (Å²) in [6.45, 7) is 3.62. The summed E-state index contributed by atoms with van der Waals surface area (Å²) in [5.74, 6) is 0.705. The van der Waals surface area contributed by atoms with E-state index in [1.165, 1.54) is 0 Å². The second-order valence-corrected chi connectivity index (χ2v) is 6.88. The van der Waals surface area contributed by atoms with Gasteiger partial charge in [-0.05, 0) is 49.6 Å². The molecule has 2 aromatic heterocycles. The quantitative estimate of drug-likeness (QED) is 0.742. The smallest absolute Gasteiger partial charge is 0.287 e. The second kappa shape index (κ2) is 7.66. The molecule has 0 saturated carbocycles. The number of piperidine rings is 1. The molecule has 134 valence electrons. The number of hydrogen-bond acceptors (Lipinski definition) is 4. The molecule has 1 aliphatic rings. The molecule has 3 aromatic rings. The number of imidazole rings is 1. The van der Waals surface area contributed by atoms with Gasteiger partial charge < -0.3 is 10.3 Å². The van der Waals surface area contributed by atoms with Crippen molar-refractivity contribution in [1.29, 1.82) is 0 Å². The Bertz CT molecular complexity index is 843. The number of carbonyl (C=O) groups is 1.